The van der Waals surface area contributed by atoms with Crippen molar-refractivity contribution >= 4 is 6.29 Å². The highest BCUT2D eigenvalue weighted by Crippen LogP contribution is 2.09. The number of nitriles is 1. The summed E-state index contributed by atoms with van der Waals surface area (Å²) in [6.45, 7) is 2.64. The number of carbonyl (C=O) groups excluding carboxylic acids is 1. The fraction of sp³-hybridized carbons (Fsp3) is 0.600. The van der Waals surface area contributed by atoms with E-state index >= 15 is 0 Å². The Bertz CT molecular complexity index is 353. The molecule has 0 aromatic carbocycles. The maximum absolute atomic E-state index is 10.6. The summed E-state index contributed by atoms with van der Waals surface area (Å²) in [6.07, 6.45) is 4.98. The summed E-state index contributed by atoms with van der Waals surface area (Å²) in [4.78, 5) is 10.6. The molecule has 0 amide bonds. The van der Waals surface area contributed by atoms with Crippen LogP contribution < -0.4 is 0 Å². The van der Waals surface area contributed by atoms with Crippen LogP contribution in [-0.2, 0) is 11.3 Å². The fourth-order valence-corrected chi connectivity index (χ4v) is 1.38. The molecule has 0 N–H and O–H groups in total. The molecular weight excluding hydrogens is 192 g/mol. The first kappa shape index (κ1) is 11.4. The van der Waals surface area contributed by atoms with Crippen molar-refractivity contribution in [1.29, 1.82) is 5.26 Å². The molecule has 0 aliphatic rings. The summed E-state index contributed by atoms with van der Waals surface area (Å²) in [5.74, 6) is 0.124. The summed E-state index contributed by atoms with van der Waals surface area (Å²) in [5, 5.41) is 16.1. The second-order valence-electron chi connectivity index (χ2n) is 3.40. The van der Waals surface area contributed by atoms with Crippen LogP contribution in [0.4, 0.5) is 0 Å². The third-order valence-electron chi connectivity index (χ3n) is 2.39. The van der Waals surface area contributed by atoms with Gasteiger partial charge >= 0.3 is 0 Å². The predicted molar refractivity (Wildman–Crippen MR) is 53.8 cm³/mol. The molecule has 0 aliphatic heterocycles. The lowest BCUT2D eigenvalue weighted by Gasteiger charge is -2.06. The van der Waals surface area contributed by atoms with Crippen LogP contribution in [-0.4, -0.2) is 21.3 Å². The van der Waals surface area contributed by atoms with Crippen LogP contribution >= 0.6 is 0 Å². The zero-order chi connectivity index (χ0) is 11.1. The lowest BCUT2D eigenvalue weighted by molar-refractivity contribution is -0.111. The first-order chi connectivity index (χ1) is 7.31. The molecular formula is C10H14N4O. The van der Waals surface area contributed by atoms with E-state index in [1.54, 1.807) is 4.68 Å². The molecule has 80 valence electrons. The van der Waals surface area contributed by atoms with Crippen molar-refractivity contribution in [2.75, 3.05) is 0 Å². The molecule has 0 saturated carbocycles. The molecule has 1 aromatic rings. The Balaban J connectivity index is 2.38. The molecule has 1 atom stereocenters. The van der Waals surface area contributed by atoms with Crippen molar-refractivity contribution in [3.05, 3.63) is 11.9 Å². The smallest absolute Gasteiger partial charge is 0.158 e. The van der Waals surface area contributed by atoms with Crippen LogP contribution in [0.25, 0.3) is 0 Å². The average Bonchev–Trinajstić information content (AvgIpc) is 2.72. The van der Waals surface area contributed by atoms with Crippen LogP contribution in [0.2, 0.25) is 0 Å². The van der Waals surface area contributed by atoms with E-state index in [1.807, 2.05) is 13.0 Å². The molecule has 0 fully saturated rings. The van der Waals surface area contributed by atoms with Crippen LogP contribution in [0.5, 0.6) is 0 Å². The molecule has 0 saturated heterocycles. The lowest BCUT2D eigenvalue weighted by Crippen LogP contribution is -2.06. The van der Waals surface area contributed by atoms with Gasteiger partial charge in [-0.25, -0.2) is 4.68 Å². The van der Waals surface area contributed by atoms with Gasteiger partial charge in [0.25, 0.3) is 0 Å². The van der Waals surface area contributed by atoms with Gasteiger partial charge in [-0.15, -0.1) is 5.10 Å². The van der Waals surface area contributed by atoms with Gasteiger partial charge in [-0.2, -0.15) is 5.26 Å². The highest BCUT2D eigenvalue weighted by Gasteiger charge is 2.06. The van der Waals surface area contributed by atoms with Crippen LogP contribution in [0.3, 0.4) is 0 Å². The number of aromatic nitrogens is 3. The minimum Gasteiger partial charge on any atom is -0.303 e. The van der Waals surface area contributed by atoms with E-state index in [9.17, 15) is 4.79 Å². The topological polar surface area (TPSA) is 71.6 Å². The zero-order valence-electron chi connectivity index (χ0n) is 8.76. The zero-order valence-corrected chi connectivity index (χ0v) is 8.76. The van der Waals surface area contributed by atoms with E-state index in [1.165, 1.54) is 6.20 Å². The monoisotopic (exact) mass is 206 g/mol. The molecule has 1 unspecified atom stereocenters. The quantitative estimate of drug-likeness (QED) is 0.654. The number of hydrogen-bond donors (Lipinski definition) is 0. The summed E-state index contributed by atoms with van der Waals surface area (Å²) < 4.78 is 1.57. The fourth-order valence-electron chi connectivity index (χ4n) is 1.38. The van der Waals surface area contributed by atoms with Crippen molar-refractivity contribution < 1.29 is 4.79 Å². The predicted octanol–water partition coefficient (Wildman–Crippen LogP) is 1.16. The third kappa shape index (κ3) is 3.17. The molecule has 0 spiro atoms. The van der Waals surface area contributed by atoms with Gasteiger partial charge in [-0.05, 0) is 19.3 Å². The van der Waals surface area contributed by atoms with E-state index in [-0.39, 0.29) is 5.92 Å². The Morgan fingerprint density at radius 3 is 3.13 bits per heavy atom. The summed E-state index contributed by atoms with van der Waals surface area (Å²) in [5.41, 5.74) is 0.467. The highest BCUT2D eigenvalue weighted by molar-refractivity contribution is 5.53. The van der Waals surface area contributed by atoms with Gasteiger partial charge in [0.05, 0.1) is 6.20 Å². The first-order valence-electron chi connectivity index (χ1n) is 5.05. The van der Waals surface area contributed by atoms with E-state index in [0.717, 1.165) is 25.5 Å². The van der Waals surface area contributed by atoms with Crippen LogP contribution in [0.15, 0.2) is 6.20 Å². The second-order valence-corrected chi connectivity index (χ2v) is 3.40. The Kier molecular flexibility index (Phi) is 4.48. The van der Waals surface area contributed by atoms with Crippen molar-refractivity contribution in [2.45, 2.75) is 32.7 Å². The number of carbonyl (C=O) groups is 1. The standard InChI is InChI=1S/C10H14N4O/c1-2-9(8-15)4-3-5-14-10(6-11)7-12-13-14/h7-9H,2-5H2,1H3. The van der Waals surface area contributed by atoms with Gasteiger partial charge in [0.2, 0.25) is 0 Å². The third-order valence-corrected chi connectivity index (χ3v) is 2.39. The molecule has 0 radical (unpaired) electrons. The Morgan fingerprint density at radius 1 is 1.73 bits per heavy atom. The van der Waals surface area contributed by atoms with Gasteiger partial charge in [0.15, 0.2) is 5.69 Å². The molecule has 1 heterocycles. The van der Waals surface area contributed by atoms with E-state index < -0.39 is 0 Å². The van der Waals surface area contributed by atoms with Gasteiger partial charge in [-0.1, -0.05) is 12.1 Å². The van der Waals surface area contributed by atoms with E-state index in [2.05, 4.69) is 10.3 Å². The van der Waals surface area contributed by atoms with Gasteiger partial charge in [0.1, 0.15) is 12.4 Å². The average molecular weight is 206 g/mol. The maximum Gasteiger partial charge on any atom is 0.158 e. The van der Waals surface area contributed by atoms with Gasteiger partial charge < -0.3 is 4.79 Å². The summed E-state index contributed by atoms with van der Waals surface area (Å²) in [6, 6.07) is 2.01. The molecule has 1 rings (SSSR count). The minimum atomic E-state index is 0.124. The second kappa shape index (κ2) is 5.91. The van der Waals surface area contributed by atoms with E-state index in [4.69, 9.17) is 5.26 Å². The van der Waals surface area contributed by atoms with Crippen molar-refractivity contribution in [2.24, 2.45) is 5.92 Å². The van der Waals surface area contributed by atoms with Crippen LogP contribution in [0.1, 0.15) is 31.9 Å². The molecule has 5 heteroatoms. The molecule has 15 heavy (non-hydrogen) atoms. The number of aryl methyl sites for hydroxylation is 1. The number of aldehydes is 1. The SMILES string of the molecule is CCC(C=O)CCCn1nncc1C#N. The van der Waals surface area contributed by atoms with E-state index in [0.29, 0.717) is 12.2 Å². The molecule has 0 bridgehead atoms. The lowest BCUT2D eigenvalue weighted by atomic mass is 10.0. The largest absolute Gasteiger partial charge is 0.303 e. The van der Waals surface area contributed by atoms with Crippen molar-refractivity contribution in [3.63, 3.8) is 0 Å². The first-order valence-corrected chi connectivity index (χ1v) is 5.05. The molecule has 1 aromatic heterocycles. The maximum atomic E-state index is 10.6. The normalized spacial score (nSPS) is 12.0. The Morgan fingerprint density at radius 2 is 2.53 bits per heavy atom. The van der Waals surface area contributed by atoms with Gasteiger partial charge in [-0.3, -0.25) is 0 Å². The minimum absolute atomic E-state index is 0.124. The van der Waals surface area contributed by atoms with Crippen LogP contribution in [0, 0.1) is 17.2 Å². The molecule has 0 aliphatic carbocycles. The van der Waals surface area contributed by atoms with Crippen molar-refractivity contribution in [1.82, 2.24) is 15.0 Å². The number of hydrogen-bond acceptors (Lipinski definition) is 4. The molecule has 5 nitrogen and oxygen atoms in total. The van der Waals surface area contributed by atoms with Crippen molar-refractivity contribution in [3.8, 4) is 6.07 Å². The van der Waals surface area contributed by atoms with Gasteiger partial charge in [0, 0.05) is 12.5 Å². The summed E-state index contributed by atoms with van der Waals surface area (Å²) >= 11 is 0. The summed E-state index contributed by atoms with van der Waals surface area (Å²) in [7, 11) is 0. The number of nitrogens with zero attached hydrogens (tertiary/aromatic N) is 4. The highest BCUT2D eigenvalue weighted by atomic mass is 16.1. The number of rotatable bonds is 6. The Hall–Kier alpha value is -1.70. The Labute approximate surface area is 88.7 Å².